The first kappa shape index (κ1) is 15.7. The number of anilines is 1. The Balaban J connectivity index is 2.06. The summed E-state index contributed by atoms with van der Waals surface area (Å²) in [4.78, 5) is 18.9. The summed E-state index contributed by atoms with van der Waals surface area (Å²) in [6, 6.07) is 5.75. The summed E-state index contributed by atoms with van der Waals surface area (Å²) >= 11 is 0. The Bertz CT molecular complexity index is 478. The van der Waals surface area contributed by atoms with Crippen molar-refractivity contribution in [1.82, 2.24) is 15.2 Å². The molecule has 1 saturated heterocycles. The minimum atomic E-state index is -0.249. The first-order valence-corrected chi connectivity index (χ1v) is 7.36. The van der Waals surface area contributed by atoms with E-state index in [0.29, 0.717) is 19.8 Å². The summed E-state index contributed by atoms with van der Waals surface area (Å²) in [6.07, 6.45) is 0. The van der Waals surface area contributed by atoms with Crippen LogP contribution in [-0.4, -0.2) is 54.7 Å². The Morgan fingerprint density at radius 1 is 1.52 bits per heavy atom. The monoisotopic (exact) mass is 292 g/mol. The summed E-state index contributed by atoms with van der Waals surface area (Å²) in [6.45, 7) is 6.39. The molecule has 1 atom stereocenters. The molecule has 0 aliphatic carbocycles. The molecule has 1 aliphatic heterocycles. The molecule has 1 aromatic heterocycles. The van der Waals surface area contributed by atoms with Crippen molar-refractivity contribution in [2.24, 2.45) is 0 Å². The first-order valence-electron chi connectivity index (χ1n) is 7.36. The Morgan fingerprint density at radius 3 is 3.05 bits per heavy atom. The van der Waals surface area contributed by atoms with Crippen LogP contribution in [0.4, 0.5) is 5.82 Å². The molecule has 0 spiro atoms. The van der Waals surface area contributed by atoms with Gasteiger partial charge in [-0.05, 0) is 26.0 Å². The molecule has 1 aliphatic rings. The second-order valence-electron chi connectivity index (χ2n) is 5.49. The highest BCUT2D eigenvalue weighted by molar-refractivity contribution is 5.82. The second-order valence-corrected chi connectivity index (χ2v) is 5.49. The van der Waals surface area contributed by atoms with Gasteiger partial charge in [0.2, 0.25) is 5.91 Å². The number of nitrogens with zero attached hydrogens (tertiary/aromatic N) is 2. The van der Waals surface area contributed by atoms with E-state index in [-0.39, 0.29) is 18.0 Å². The van der Waals surface area contributed by atoms with Gasteiger partial charge >= 0.3 is 0 Å². The number of carbonyl (C=O) groups excluding carboxylic acids is 1. The molecule has 1 unspecified atom stereocenters. The van der Waals surface area contributed by atoms with Crippen LogP contribution in [0.2, 0.25) is 0 Å². The number of nitrogens with one attached hydrogen (secondary N) is 2. The molecule has 0 bridgehead atoms. The van der Waals surface area contributed by atoms with Crippen LogP contribution < -0.4 is 10.6 Å². The molecule has 6 heteroatoms. The van der Waals surface area contributed by atoms with E-state index in [1.165, 1.54) is 0 Å². The lowest BCUT2D eigenvalue weighted by molar-refractivity contribution is -0.133. The zero-order chi connectivity index (χ0) is 15.2. The number of carbonyl (C=O) groups is 1. The van der Waals surface area contributed by atoms with Crippen molar-refractivity contribution in [1.29, 1.82) is 0 Å². The van der Waals surface area contributed by atoms with E-state index in [2.05, 4.69) is 20.5 Å². The van der Waals surface area contributed by atoms with Crippen molar-refractivity contribution in [3.05, 3.63) is 23.9 Å². The molecule has 1 amide bonds. The Morgan fingerprint density at radius 2 is 2.33 bits per heavy atom. The van der Waals surface area contributed by atoms with E-state index in [1.807, 2.05) is 39.1 Å². The molecule has 6 nitrogen and oxygen atoms in total. The van der Waals surface area contributed by atoms with Gasteiger partial charge in [-0.1, -0.05) is 6.07 Å². The topological polar surface area (TPSA) is 66.5 Å². The molecule has 0 radical (unpaired) electrons. The van der Waals surface area contributed by atoms with Crippen LogP contribution in [0.1, 0.15) is 19.5 Å². The third-order valence-corrected chi connectivity index (χ3v) is 3.40. The number of ether oxygens (including phenoxy) is 1. The fourth-order valence-electron chi connectivity index (χ4n) is 2.36. The van der Waals surface area contributed by atoms with Crippen molar-refractivity contribution >= 4 is 11.7 Å². The van der Waals surface area contributed by atoms with Crippen molar-refractivity contribution in [3.63, 3.8) is 0 Å². The lowest BCUT2D eigenvalue weighted by Crippen LogP contribution is -2.54. The highest BCUT2D eigenvalue weighted by Crippen LogP contribution is 2.13. The molecule has 21 heavy (non-hydrogen) atoms. The lowest BCUT2D eigenvalue weighted by atomic mass is 10.2. The highest BCUT2D eigenvalue weighted by Gasteiger charge is 2.29. The summed E-state index contributed by atoms with van der Waals surface area (Å²) in [5.41, 5.74) is 0.950. The van der Waals surface area contributed by atoms with E-state index < -0.39 is 0 Å². The quantitative estimate of drug-likeness (QED) is 0.842. The zero-order valence-corrected chi connectivity index (χ0v) is 12.9. The van der Waals surface area contributed by atoms with Crippen molar-refractivity contribution in [3.8, 4) is 0 Å². The van der Waals surface area contributed by atoms with Gasteiger partial charge in [-0.15, -0.1) is 0 Å². The van der Waals surface area contributed by atoms with Crippen molar-refractivity contribution < 1.29 is 9.53 Å². The SMILES string of the molecule is CNc1cccc(CN2CCOCC2C(=O)NC(C)C)n1. The number of amides is 1. The smallest absolute Gasteiger partial charge is 0.239 e. The molecule has 1 fully saturated rings. The lowest BCUT2D eigenvalue weighted by Gasteiger charge is -2.34. The van der Waals surface area contributed by atoms with Gasteiger partial charge in [-0.3, -0.25) is 9.69 Å². The van der Waals surface area contributed by atoms with Gasteiger partial charge < -0.3 is 15.4 Å². The Labute approximate surface area is 125 Å². The third-order valence-electron chi connectivity index (χ3n) is 3.40. The van der Waals surface area contributed by atoms with Crippen LogP contribution in [-0.2, 0) is 16.1 Å². The maximum Gasteiger partial charge on any atom is 0.239 e. The van der Waals surface area contributed by atoms with Gasteiger partial charge in [0.05, 0.1) is 18.9 Å². The van der Waals surface area contributed by atoms with E-state index in [4.69, 9.17) is 4.74 Å². The molecule has 1 aromatic rings. The van der Waals surface area contributed by atoms with Crippen LogP contribution in [0, 0.1) is 0 Å². The average molecular weight is 292 g/mol. The van der Waals surface area contributed by atoms with E-state index in [9.17, 15) is 4.79 Å². The van der Waals surface area contributed by atoms with Crippen LogP contribution >= 0.6 is 0 Å². The normalized spacial score (nSPS) is 19.5. The number of rotatable bonds is 5. The minimum absolute atomic E-state index is 0.0227. The number of morpholine rings is 1. The molecule has 2 N–H and O–H groups in total. The predicted molar refractivity (Wildman–Crippen MR) is 82.1 cm³/mol. The average Bonchev–Trinajstić information content (AvgIpc) is 2.47. The predicted octanol–water partition coefficient (Wildman–Crippen LogP) is 0.849. The molecular weight excluding hydrogens is 268 g/mol. The number of hydrogen-bond donors (Lipinski definition) is 2. The van der Waals surface area contributed by atoms with Crippen molar-refractivity contribution in [2.45, 2.75) is 32.5 Å². The number of aromatic nitrogens is 1. The summed E-state index contributed by atoms with van der Waals surface area (Å²) < 4.78 is 5.46. The molecular formula is C15H24N4O2. The van der Waals surface area contributed by atoms with Crippen LogP contribution in [0.5, 0.6) is 0 Å². The van der Waals surface area contributed by atoms with Crippen LogP contribution in [0.25, 0.3) is 0 Å². The summed E-state index contributed by atoms with van der Waals surface area (Å²) in [5, 5.41) is 5.99. The second kappa shape index (κ2) is 7.38. The van der Waals surface area contributed by atoms with Crippen LogP contribution in [0.15, 0.2) is 18.2 Å². The standard InChI is InChI=1S/C15H24N4O2/c1-11(2)17-15(20)13-10-21-8-7-19(13)9-12-5-4-6-14(16-3)18-12/h4-6,11,13H,7-10H2,1-3H3,(H,16,18)(H,17,20). The van der Waals surface area contributed by atoms with Gasteiger partial charge in [0.15, 0.2) is 0 Å². The van der Waals surface area contributed by atoms with Crippen LogP contribution in [0.3, 0.4) is 0 Å². The van der Waals surface area contributed by atoms with Gasteiger partial charge in [0.25, 0.3) is 0 Å². The first-order chi connectivity index (χ1) is 10.1. The van der Waals surface area contributed by atoms with Crippen molar-refractivity contribution in [2.75, 3.05) is 32.1 Å². The molecule has 0 aromatic carbocycles. The largest absolute Gasteiger partial charge is 0.378 e. The molecule has 2 heterocycles. The zero-order valence-electron chi connectivity index (χ0n) is 12.9. The Kier molecular flexibility index (Phi) is 5.52. The van der Waals surface area contributed by atoms with E-state index >= 15 is 0 Å². The van der Waals surface area contributed by atoms with E-state index in [1.54, 1.807) is 0 Å². The molecule has 2 rings (SSSR count). The van der Waals surface area contributed by atoms with Gasteiger partial charge in [0, 0.05) is 26.2 Å². The number of pyridine rings is 1. The van der Waals surface area contributed by atoms with Gasteiger partial charge in [0.1, 0.15) is 11.9 Å². The highest BCUT2D eigenvalue weighted by atomic mass is 16.5. The fraction of sp³-hybridized carbons (Fsp3) is 0.600. The number of hydrogen-bond acceptors (Lipinski definition) is 5. The minimum Gasteiger partial charge on any atom is -0.378 e. The molecule has 116 valence electrons. The van der Waals surface area contributed by atoms with E-state index in [0.717, 1.165) is 18.1 Å². The van der Waals surface area contributed by atoms with Gasteiger partial charge in [-0.2, -0.15) is 0 Å². The summed E-state index contributed by atoms with van der Waals surface area (Å²) in [7, 11) is 1.85. The maximum absolute atomic E-state index is 12.3. The fourth-order valence-corrected chi connectivity index (χ4v) is 2.36. The third kappa shape index (κ3) is 4.41. The molecule has 0 saturated carbocycles. The van der Waals surface area contributed by atoms with Gasteiger partial charge in [-0.25, -0.2) is 4.98 Å². The maximum atomic E-state index is 12.3. The Hall–Kier alpha value is -1.66. The summed E-state index contributed by atoms with van der Waals surface area (Å²) in [5.74, 6) is 0.860.